The van der Waals surface area contributed by atoms with Crippen LogP contribution in [0.25, 0.3) is 11.1 Å². The minimum absolute atomic E-state index is 0.0446. The Kier molecular flexibility index (Phi) is 7.15. The van der Waals surface area contributed by atoms with Gasteiger partial charge in [0.25, 0.3) is 0 Å². The molecule has 2 aliphatic rings. The molecule has 2 atom stereocenters. The van der Waals surface area contributed by atoms with Gasteiger partial charge < -0.3 is 23.5 Å². The van der Waals surface area contributed by atoms with Crippen molar-refractivity contribution in [2.75, 3.05) is 13.7 Å². The second-order valence-electron chi connectivity index (χ2n) is 10.8. The molecule has 2 heterocycles. The van der Waals surface area contributed by atoms with Crippen molar-refractivity contribution in [2.24, 2.45) is 7.05 Å². The molecule has 1 aliphatic heterocycles. The predicted molar refractivity (Wildman–Crippen MR) is 152 cm³/mol. The highest BCUT2D eigenvalue weighted by atomic mass is 19.1. The molecule has 212 valence electrons. The Morgan fingerprint density at radius 3 is 2.66 bits per heavy atom. The number of halogens is 1. The van der Waals surface area contributed by atoms with Gasteiger partial charge in [-0.05, 0) is 78.8 Å². The van der Waals surface area contributed by atoms with Crippen molar-refractivity contribution in [2.45, 2.75) is 51.7 Å². The van der Waals surface area contributed by atoms with Crippen LogP contribution in [-0.2, 0) is 29.6 Å². The van der Waals surface area contributed by atoms with Crippen molar-refractivity contribution >= 4 is 5.97 Å². The molecule has 0 saturated carbocycles. The summed E-state index contributed by atoms with van der Waals surface area (Å²) < 4.78 is 40.3. The number of ether oxygens (including phenoxy) is 4. The van der Waals surface area contributed by atoms with Crippen molar-refractivity contribution in [3.8, 4) is 28.4 Å². The van der Waals surface area contributed by atoms with E-state index < -0.39 is 6.10 Å². The van der Waals surface area contributed by atoms with Crippen molar-refractivity contribution in [1.29, 1.82) is 0 Å². The molecule has 3 aromatic carbocycles. The van der Waals surface area contributed by atoms with Crippen molar-refractivity contribution in [1.82, 2.24) is 9.55 Å². The molecule has 41 heavy (non-hydrogen) atoms. The summed E-state index contributed by atoms with van der Waals surface area (Å²) >= 11 is 0. The number of carbonyl (C=O) groups is 1. The van der Waals surface area contributed by atoms with Crippen LogP contribution in [0.1, 0.15) is 58.5 Å². The fourth-order valence-corrected chi connectivity index (χ4v) is 6.09. The van der Waals surface area contributed by atoms with Crippen LogP contribution in [0.2, 0.25) is 0 Å². The molecule has 7 nitrogen and oxygen atoms in total. The minimum atomic E-state index is -0.406. The number of hydrogen-bond donors (Lipinski definition) is 0. The average Bonchev–Trinajstić information content (AvgIpc) is 3.67. The third kappa shape index (κ3) is 5.14. The molecule has 6 rings (SSSR count). The van der Waals surface area contributed by atoms with Crippen LogP contribution in [0.3, 0.4) is 0 Å². The Bertz CT molecular complexity index is 1610. The van der Waals surface area contributed by atoms with Gasteiger partial charge in [0.05, 0.1) is 20.1 Å². The van der Waals surface area contributed by atoms with Crippen LogP contribution < -0.4 is 14.2 Å². The summed E-state index contributed by atoms with van der Waals surface area (Å²) in [6.45, 7) is 4.93. The lowest BCUT2D eigenvalue weighted by Gasteiger charge is -2.19. The van der Waals surface area contributed by atoms with E-state index in [1.165, 1.54) is 7.11 Å². The number of rotatable bonds is 8. The van der Waals surface area contributed by atoms with Gasteiger partial charge in [-0.15, -0.1) is 0 Å². The predicted octanol–water partition coefficient (Wildman–Crippen LogP) is 6.53. The molecule has 0 N–H and O–H groups in total. The number of carbonyl (C=O) groups excluding carboxylic acids is 1. The molecular weight excluding hydrogens is 523 g/mol. The summed E-state index contributed by atoms with van der Waals surface area (Å²) in [5.74, 6) is 2.37. The van der Waals surface area contributed by atoms with E-state index in [-0.39, 0.29) is 24.1 Å². The van der Waals surface area contributed by atoms with Crippen LogP contribution >= 0.6 is 0 Å². The standard InChI is InChI=1S/C33H33FN2O5/c1-19-13-23(39-18-30-35-11-12-36(30)3)14-20(2)32(19)25-7-9-27(34)33-26(25)8-10-28(33)41-22-5-6-24-21(15-31(37)38-4)17-40-29(24)16-22/h5-7,9,11-14,16,21,28H,8,10,15,17-18H2,1-4H3/t21?,28-/m1/s1. The molecule has 0 radical (unpaired) electrons. The largest absolute Gasteiger partial charge is 0.492 e. The molecule has 1 aliphatic carbocycles. The van der Waals surface area contributed by atoms with Gasteiger partial charge in [0.15, 0.2) is 0 Å². The monoisotopic (exact) mass is 556 g/mol. The highest BCUT2D eigenvalue weighted by Crippen LogP contribution is 2.45. The zero-order valence-electron chi connectivity index (χ0n) is 23.7. The molecule has 0 spiro atoms. The maximum absolute atomic E-state index is 15.3. The quantitative estimate of drug-likeness (QED) is 0.230. The Labute approximate surface area is 238 Å². The van der Waals surface area contributed by atoms with Crippen molar-refractivity contribution in [3.05, 3.63) is 94.3 Å². The van der Waals surface area contributed by atoms with Crippen molar-refractivity contribution in [3.63, 3.8) is 0 Å². The fraction of sp³-hybridized carbons (Fsp3) is 0.333. The van der Waals surface area contributed by atoms with Gasteiger partial charge in [-0.25, -0.2) is 9.37 Å². The number of hydrogen-bond acceptors (Lipinski definition) is 6. The number of benzene rings is 3. The number of nitrogens with zero attached hydrogens (tertiary/aromatic N) is 2. The normalized spacial score (nSPS) is 17.1. The molecule has 1 unspecified atom stereocenters. The second kappa shape index (κ2) is 10.9. The lowest BCUT2D eigenvalue weighted by Crippen LogP contribution is -2.09. The molecule has 8 heteroatoms. The molecular formula is C33H33FN2O5. The number of fused-ring (bicyclic) bond motifs is 2. The third-order valence-electron chi connectivity index (χ3n) is 8.13. The Morgan fingerprint density at radius 2 is 1.93 bits per heavy atom. The van der Waals surface area contributed by atoms with Crippen LogP contribution in [0, 0.1) is 19.7 Å². The molecule has 4 aromatic rings. The van der Waals surface area contributed by atoms with E-state index in [0.717, 1.165) is 45.0 Å². The molecule has 1 aromatic heterocycles. The smallest absolute Gasteiger partial charge is 0.306 e. The van der Waals surface area contributed by atoms with E-state index in [0.29, 0.717) is 43.1 Å². The van der Waals surface area contributed by atoms with E-state index in [4.69, 9.17) is 18.9 Å². The van der Waals surface area contributed by atoms with Crippen LogP contribution in [0.5, 0.6) is 17.2 Å². The summed E-state index contributed by atoms with van der Waals surface area (Å²) in [6, 6.07) is 13.1. The second-order valence-corrected chi connectivity index (χ2v) is 10.8. The highest BCUT2D eigenvalue weighted by molar-refractivity contribution is 5.76. The Morgan fingerprint density at radius 1 is 1.12 bits per heavy atom. The number of esters is 1. The lowest BCUT2D eigenvalue weighted by atomic mass is 9.90. The average molecular weight is 557 g/mol. The zero-order valence-corrected chi connectivity index (χ0v) is 23.7. The summed E-state index contributed by atoms with van der Waals surface area (Å²) in [4.78, 5) is 16.1. The zero-order chi connectivity index (χ0) is 28.7. The first kappa shape index (κ1) is 26.9. The lowest BCUT2D eigenvalue weighted by molar-refractivity contribution is -0.141. The summed E-state index contributed by atoms with van der Waals surface area (Å²) in [5.41, 5.74) is 6.81. The number of imidazole rings is 1. The van der Waals surface area contributed by atoms with Gasteiger partial charge >= 0.3 is 5.97 Å². The topological polar surface area (TPSA) is 71.8 Å². The minimum Gasteiger partial charge on any atom is -0.492 e. The van der Waals surface area contributed by atoms with Gasteiger partial charge in [0.2, 0.25) is 0 Å². The van der Waals surface area contributed by atoms with Crippen molar-refractivity contribution < 1.29 is 28.1 Å². The van der Waals surface area contributed by atoms with E-state index in [1.807, 2.05) is 54.2 Å². The summed E-state index contributed by atoms with van der Waals surface area (Å²) in [5, 5.41) is 0. The van der Waals surface area contributed by atoms with E-state index >= 15 is 4.39 Å². The van der Waals surface area contributed by atoms with Gasteiger partial charge in [-0.2, -0.15) is 0 Å². The van der Waals surface area contributed by atoms with E-state index in [2.05, 4.69) is 18.8 Å². The number of methoxy groups -OCH3 is 1. The van der Waals surface area contributed by atoms with E-state index in [9.17, 15) is 4.79 Å². The highest BCUT2D eigenvalue weighted by Gasteiger charge is 2.32. The van der Waals surface area contributed by atoms with E-state index in [1.54, 1.807) is 12.3 Å². The van der Waals surface area contributed by atoms with Gasteiger partial charge in [-0.1, -0.05) is 12.1 Å². The first-order chi connectivity index (χ1) is 19.8. The number of aryl methyl sites for hydroxylation is 3. The maximum Gasteiger partial charge on any atom is 0.306 e. The fourth-order valence-electron chi connectivity index (χ4n) is 6.09. The maximum atomic E-state index is 15.3. The molecule has 0 fully saturated rings. The molecule has 0 amide bonds. The summed E-state index contributed by atoms with van der Waals surface area (Å²) in [6.07, 6.45) is 4.90. The first-order valence-corrected chi connectivity index (χ1v) is 13.8. The number of aromatic nitrogens is 2. The van der Waals surface area contributed by atoms with Gasteiger partial charge in [0, 0.05) is 42.6 Å². The van der Waals surface area contributed by atoms with Gasteiger partial charge in [-0.3, -0.25) is 4.79 Å². The molecule has 0 saturated heterocycles. The summed E-state index contributed by atoms with van der Waals surface area (Å²) in [7, 11) is 3.33. The van der Waals surface area contributed by atoms with Gasteiger partial charge in [0.1, 0.15) is 41.6 Å². The molecule has 0 bridgehead atoms. The Hall–Kier alpha value is -4.33. The SMILES string of the molecule is COC(=O)CC1COc2cc(O[C@@H]3CCc4c(-c5c(C)cc(OCc6nccn6C)cc5C)ccc(F)c43)ccc21. The van der Waals surface area contributed by atoms with Crippen LogP contribution in [0.15, 0.2) is 54.9 Å². The van der Waals surface area contributed by atoms with Crippen LogP contribution in [-0.4, -0.2) is 29.2 Å². The Balaban J connectivity index is 1.24. The third-order valence-corrected chi connectivity index (χ3v) is 8.13. The first-order valence-electron chi connectivity index (χ1n) is 13.8. The van der Waals surface area contributed by atoms with Crippen LogP contribution in [0.4, 0.5) is 4.39 Å².